The monoisotopic (exact) mass is 358 g/mol. The zero-order valence-electron chi connectivity index (χ0n) is 14.9. The van der Waals surface area contributed by atoms with Crippen molar-refractivity contribution in [2.24, 2.45) is 0 Å². The van der Waals surface area contributed by atoms with E-state index in [1.165, 1.54) is 0 Å². The minimum atomic E-state index is -0.311. The summed E-state index contributed by atoms with van der Waals surface area (Å²) in [6.07, 6.45) is 1.81. The molecule has 0 saturated carbocycles. The Bertz CT molecular complexity index is 1220. The quantitative estimate of drug-likeness (QED) is 0.400. The Kier molecular flexibility index (Phi) is 3.69. The van der Waals surface area contributed by atoms with Crippen molar-refractivity contribution in [2.45, 2.75) is 20.0 Å². The Morgan fingerprint density at radius 2 is 1.89 bits per heavy atom. The summed E-state index contributed by atoms with van der Waals surface area (Å²) >= 11 is 0. The number of rotatable bonds is 2. The highest BCUT2D eigenvalue weighted by Gasteiger charge is 2.23. The molecule has 0 saturated heterocycles. The number of benzene rings is 2. The third-order valence-corrected chi connectivity index (χ3v) is 5.07. The van der Waals surface area contributed by atoms with Gasteiger partial charge in [-0.05, 0) is 36.6 Å². The van der Waals surface area contributed by atoms with Crippen LogP contribution in [0, 0.1) is 6.92 Å². The maximum atomic E-state index is 12.3. The fourth-order valence-electron chi connectivity index (χ4n) is 3.81. The van der Waals surface area contributed by atoms with Crippen LogP contribution in [0.3, 0.4) is 0 Å². The lowest BCUT2D eigenvalue weighted by Gasteiger charge is -2.30. The van der Waals surface area contributed by atoms with Gasteiger partial charge in [0.05, 0.1) is 11.1 Å². The van der Waals surface area contributed by atoms with Crippen LogP contribution in [-0.4, -0.2) is 16.6 Å². The van der Waals surface area contributed by atoms with Gasteiger partial charge in [0.25, 0.3) is 0 Å². The summed E-state index contributed by atoms with van der Waals surface area (Å²) in [5.41, 5.74) is 3.28. The highest BCUT2D eigenvalue weighted by Crippen LogP contribution is 2.37. The molecule has 0 amide bonds. The lowest BCUT2D eigenvalue weighted by atomic mass is 10.00. The molecule has 3 heterocycles. The Morgan fingerprint density at radius 3 is 2.70 bits per heavy atom. The number of aryl methyl sites for hydroxylation is 1. The first-order valence-electron chi connectivity index (χ1n) is 8.94. The number of pyridine rings is 1. The third-order valence-electron chi connectivity index (χ3n) is 5.07. The second-order valence-corrected chi connectivity index (χ2v) is 6.88. The average Bonchev–Trinajstić information content (AvgIpc) is 2.70. The number of hydrogen-bond donors (Lipinski definition) is 0. The molecule has 5 nitrogen and oxygen atoms in total. The summed E-state index contributed by atoms with van der Waals surface area (Å²) < 4.78 is 11.7. The smallest absolute Gasteiger partial charge is 0.344 e. The standard InChI is InChI=1S/C22H18N2O3/c1-14-20-15(11-24(13-26-20)12-16-6-4-5-9-23-16)10-19-17-7-2-3-8-18(17)22(25)27-21(14)19/h2-10H,11-13H2,1H3. The predicted molar refractivity (Wildman–Crippen MR) is 104 cm³/mol. The van der Waals surface area contributed by atoms with Gasteiger partial charge in [0.1, 0.15) is 18.1 Å². The van der Waals surface area contributed by atoms with Crippen LogP contribution >= 0.6 is 0 Å². The molecule has 2 aromatic heterocycles. The summed E-state index contributed by atoms with van der Waals surface area (Å²) in [5.74, 6) is 0.818. The molecule has 0 bridgehead atoms. The number of ether oxygens (including phenoxy) is 1. The van der Waals surface area contributed by atoms with Gasteiger partial charge in [0, 0.05) is 35.8 Å². The van der Waals surface area contributed by atoms with E-state index in [1.54, 1.807) is 12.3 Å². The maximum Gasteiger partial charge on any atom is 0.344 e. The van der Waals surface area contributed by atoms with Crippen molar-refractivity contribution in [3.05, 3.63) is 82.0 Å². The fraction of sp³-hybridized carbons (Fsp3) is 0.182. The van der Waals surface area contributed by atoms with Crippen molar-refractivity contribution in [3.8, 4) is 5.75 Å². The van der Waals surface area contributed by atoms with Crippen LogP contribution in [0.1, 0.15) is 16.8 Å². The molecule has 2 aromatic carbocycles. The molecule has 0 fully saturated rings. The zero-order valence-corrected chi connectivity index (χ0v) is 14.9. The van der Waals surface area contributed by atoms with Gasteiger partial charge in [-0.1, -0.05) is 24.3 Å². The predicted octanol–water partition coefficient (Wildman–Crippen LogP) is 4.00. The van der Waals surface area contributed by atoms with E-state index < -0.39 is 0 Å². The highest BCUT2D eigenvalue weighted by atomic mass is 16.5. The molecule has 134 valence electrons. The average molecular weight is 358 g/mol. The molecule has 0 aliphatic carbocycles. The van der Waals surface area contributed by atoms with Gasteiger partial charge >= 0.3 is 5.63 Å². The van der Waals surface area contributed by atoms with Gasteiger partial charge in [0.15, 0.2) is 0 Å². The van der Waals surface area contributed by atoms with Crippen molar-refractivity contribution in [1.82, 2.24) is 9.88 Å². The lowest BCUT2D eigenvalue weighted by Crippen LogP contribution is -2.32. The van der Waals surface area contributed by atoms with Crippen molar-refractivity contribution in [2.75, 3.05) is 6.73 Å². The topological polar surface area (TPSA) is 55.6 Å². The third kappa shape index (κ3) is 2.67. The first-order valence-corrected chi connectivity index (χ1v) is 8.94. The maximum absolute atomic E-state index is 12.3. The number of nitrogens with zero attached hydrogens (tertiary/aromatic N) is 2. The van der Waals surface area contributed by atoms with Crippen LogP contribution in [0.25, 0.3) is 21.7 Å². The summed E-state index contributed by atoms with van der Waals surface area (Å²) in [4.78, 5) is 19.0. The zero-order chi connectivity index (χ0) is 18.4. The van der Waals surface area contributed by atoms with Crippen molar-refractivity contribution >= 4 is 21.7 Å². The van der Waals surface area contributed by atoms with Gasteiger partial charge in [0.2, 0.25) is 0 Å². The first kappa shape index (κ1) is 16.0. The lowest BCUT2D eigenvalue weighted by molar-refractivity contribution is 0.0870. The Hall–Kier alpha value is -3.18. The van der Waals surface area contributed by atoms with Gasteiger partial charge in [-0.3, -0.25) is 9.88 Å². The van der Waals surface area contributed by atoms with Crippen molar-refractivity contribution in [1.29, 1.82) is 0 Å². The van der Waals surface area contributed by atoms with Crippen LogP contribution in [0.5, 0.6) is 5.75 Å². The molecule has 0 N–H and O–H groups in total. The molecule has 1 aliphatic heterocycles. The van der Waals surface area contributed by atoms with Crippen LogP contribution in [0.15, 0.2) is 63.9 Å². The van der Waals surface area contributed by atoms with Gasteiger partial charge in [-0.25, -0.2) is 4.79 Å². The van der Waals surface area contributed by atoms with E-state index in [4.69, 9.17) is 9.15 Å². The molecule has 5 rings (SSSR count). The molecule has 27 heavy (non-hydrogen) atoms. The van der Waals surface area contributed by atoms with E-state index >= 15 is 0 Å². The van der Waals surface area contributed by atoms with E-state index in [1.807, 2.05) is 43.3 Å². The van der Waals surface area contributed by atoms with Gasteiger partial charge in [-0.15, -0.1) is 0 Å². The fourth-order valence-corrected chi connectivity index (χ4v) is 3.81. The largest absolute Gasteiger partial charge is 0.477 e. The number of hydrogen-bond acceptors (Lipinski definition) is 5. The van der Waals surface area contributed by atoms with E-state index in [-0.39, 0.29) is 5.63 Å². The minimum absolute atomic E-state index is 0.311. The Morgan fingerprint density at radius 1 is 1.07 bits per heavy atom. The Balaban J connectivity index is 1.62. The van der Waals surface area contributed by atoms with Crippen LogP contribution in [0.4, 0.5) is 0 Å². The number of fused-ring (bicyclic) bond motifs is 4. The first-order chi connectivity index (χ1) is 13.2. The molecular weight excluding hydrogens is 340 g/mol. The van der Waals surface area contributed by atoms with E-state index in [0.29, 0.717) is 17.7 Å². The summed E-state index contributed by atoms with van der Waals surface area (Å²) in [5, 5.41) is 2.47. The van der Waals surface area contributed by atoms with Crippen molar-refractivity contribution in [3.63, 3.8) is 0 Å². The van der Waals surface area contributed by atoms with Crippen LogP contribution < -0.4 is 10.4 Å². The highest BCUT2D eigenvalue weighted by molar-refractivity contribution is 6.06. The molecular formula is C22H18N2O3. The summed E-state index contributed by atoms with van der Waals surface area (Å²) in [6, 6.07) is 15.6. The van der Waals surface area contributed by atoms with E-state index in [0.717, 1.165) is 46.4 Å². The molecule has 4 aromatic rings. The van der Waals surface area contributed by atoms with E-state index in [9.17, 15) is 4.79 Å². The summed E-state index contributed by atoms with van der Waals surface area (Å²) in [7, 11) is 0. The SMILES string of the molecule is Cc1c2c(cc3c1oc(=O)c1ccccc13)CN(Cc1ccccn1)CO2. The second kappa shape index (κ2) is 6.21. The van der Waals surface area contributed by atoms with Crippen LogP contribution in [-0.2, 0) is 13.1 Å². The molecule has 5 heteroatoms. The molecule has 0 radical (unpaired) electrons. The normalized spacial score (nSPS) is 14.3. The minimum Gasteiger partial charge on any atom is -0.477 e. The van der Waals surface area contributed by atoms with E-state index in [2.05, 4.69) is 16.0 Å². The molecule has 0 atom stereocenters. The second-order valence-electron chi connectivity index (χ2n) is 6.88. The summed E-state index contributed by atoms with van der Waals surface area (Å²) in [6.45, 7) is 3.92. The van der Waals surface area contributed by atoms with Crippen molar-refractivity contribution < 1.29 is 9.15 Å². The van der Waals surface area contributed by atoms with Gasteiger partial charge in [-0.2, -0.15) is 0 Å². The molecule has 1 aliphatic rings. The molecule has 0 spiro atoms. The number of aromatic nitrogens is 1. The van der Waals surface area contributed by atoms with Crippen LogP contribution in [0.2, 0.25) is 0 Å². The van der Waals surface area contributed by atoms with Gasteiger partial charge < -0.3 is 9.15 Å². The molecule has 0 unspecified atom stereocenters. The Labute approximate surface area is 155 Å².